The Bertz CT molecular complexity index is 831. The molecule has 1 aromatic carbocycles. The van der Waals surface area contributed by atoms with Gasteiger partial charge in [-0.1, -0.05) is 29.3 Å². The minimum Gasteiger partial charge on any atom is -0.383 e. The van der Waals surface area contributed by atoms with Crippen LogP contribution in [0, 0.1) is 11.3 Å². The third kappa shape index (κ3) is 2.81. The first-order valence-corrected chi connectivity index (χ1v) is 8.71. The molecule has 0 saturated heterocycles. The summed E-state index contributed by atoms with van der Waals surface area (Å²) < 4.78 is 0. The number of Topliss-reactive ketones (excluding diaryl/α,β-unsaturated/α-hetero) is 1. The number of carbonyl (C=O) groups excluding carboxylic acids is 1. The number of halogens is 2. The molecular weight excluding hydrogens is 359 g/mol. The first-order valence-electron chi connectivity index (χ1n) is 7.95. The fourth-order valence-electron chi connectivity index (χ4n) is 3.60. The Labute approximate surface area is 156 Å². The molecule has 130 valence electrons. The number of carbonyl (C=O) groups is 1. The van der Waals surface area contributed by atoms with Crippen LogP contribution in [0.2, 0.25) is 10.0 Å². The predicted octanol–water partition coefficient (Wildman–Crippen LogP) is 3.57. The molecule has 2 aliphatic rings. The maximum atomic E-state index is 12.8. The average molecular weight is 377 g/mol. The fraction of sp³-hybridized carbons (Fsp3) is 0.333. The lowest BCUT2D eigenvalue weighted by Crippen LogP contribution is -2.45. The highest BCUT2D eigenvalue weighted by Crippen LogP contribution is 2.48. The van der Waals surface area contributed by atoms with Crippen molar-refractivity contribution in [1.82, 2.24) is 10.0 Å². The van der Waals surface area contributed by atoms with Gasteiger partial charge < -0.3 is 5.73 Å². The summed E-state index contributed by atoms with van der Waals surface area (Å²) in [5.41, 5.74) is 8.56. The molecular formula is C18H18Cl2N4O. The smallest absolute Gasteiger partial charge is 0.161 e. The Morgan fingerprint density at radius 1 is 1.28 bits per heavy atom. The average Bonchev–Trinajstić information content (AvgIpc) is 2.54. The summed E-state index contributed by atoms with van der Waals surface area (Å²) in [6.07, 6.45) is 1.90. The zero-order chi connectivity index (χ0) is 18.3. The zero-order valence-corrected chi connectivity index (χ0v) is 15.5. The van der Waals surface area contributed by atoms with E-state index in [9.17, 15) is 10.1 Å². The lowest BCUT2D eigenvalue weighted by Gasteiger charge is -2.42. The van der Waals surface area contributed by atoms with Crippen LogP contribution in [0.25, 0.3) is 0 Å². The van der Waals surface area contributed by atoms with Gasteiger partial charge in [0.1, 0.15) is 5.82 Å². The number of hydrazine groups is 1. The van der Waals surface area contributed by atoms with Crippen LogP contribution in [0.1, 0.15) is 30.7 Å². The van der Waals surface area contributed by atoms with E-state index >= 15 is 0 Å². The van der Waals surface area contributed by atoms with Gasteiger partial charge in [-0.3, -0.25) is 9.80 Å². The minimum atomic E-state index is -0.634. The number of hydrogen-bond donors (Lipinski definition) is 1. The summed E-state index contributed by atoms with van der Waals surface area (Å²) in [5.74, 6) is -0.318. The number of ketones is 1. The Hall–Kier alpha value is -2.00. The van der Waals surface area contributed by atoms with Gasteiger partial charge in [0.15, 0.2) is 5.78 Å². The van der Waals surface area contributed by atoms with E-state index in [1.165, 1.54) is 0 Å². The van der Waals surface area contributed by atoms with E-state index in [-0.39, 0.29) is 11.4 Å². The van der Waals surface area contributed by atoms with Gasteiger partial charge >= 0.3 is 0 Å². The Morgan fingerprint density at radius 2 is 1.92 bits per heavy atom. The van der Waals surface area contributed by atoms with Crippen LogP contribution in [0.5, 0.6) is 0 Å². The molecule has 0 fully saturated rings. The van der Waals surface area contributed by atoms with E-state index in [2.05, 4.69) is 6.07 Å². The lowest BCUT2D eigenvalue weighted by atomic mass is 9.76. The molecule has 1 atom stereocenters. The molecule has 0 amide bonds. The molecule has 0 saturated carbocycles. The van der Waals surface area contributed by atoms with Crippen LogP contribution in [0.15, 0.2) is 40.9 Å². The molecule has 0 aromatic heterocycles. The second-order valence-electron chi connectivity index (χ2n) is 6.28. The first kappa shape index (κ1) is 17.8. The van der Waals surface area contributed by atoms with Gasteiger partial charge in [-0.15, -0.1) is 0 Å². The molecule has 1 aliphatic heterocycles. The summed E-state index contributed by atoms with van der Waals surface area (Å²) in [5, 5.41) is 14.2. The molecule has 2 N–H and O–H groups in total. The second-order valence-corrected chi connectivity index (χ2v) is 7.09. The Morgan fingerprint density at radius 3 is 2.48 bits per heavy atom. The minimum absolute atomic E-state index is 0.00864. The normalized spacial score (nSPS) is 20.9. The highest BCUT2D eigenvalue weighted by Gasteiger charge is 2.41. The Kier molecular flexibility index (Phi) is 4.79. The van der Waals surface area contributed by atoms with Crippen LogP contribution in [-0.2, 0) is 4.79 Å². The molecule has 1 unspecified atom stereocenters. The van der Waals surface area contributed by atoms with Crippen LogP contribution in [0.3, 0.4) is 0 Å². The van der Waals surface area contributed by atoms with Gasteiger partial charge in [0.2, 0.25) is 0 Å². The molecule has 1 aliphatic carbocycles. The van der Waals surface area contributed by atoms with Gasteiger partial charge in [0.25, 0.3) is 0 Å². The van der Waals surface area contributed by atoms with Crippen molar-refractivity contribution in [3.8, 4) is 6.07 Å². The van der Waals surface area contributed by atoms with Crippen molar-refractivity contribution in [3.63, 3.8) is 0 Å². The summed E-state index contributed by atoms with van der Waals surface area (Å²) in [7, 11) is 3.66. The van der Waals surface area contributed by atoms with Gasteiger partial charge in [0.05, 0.1) is 17.6 Å². The van der Waals surface area contributed by atoms with E-state index in [0.717, 1.165) is 12.1 Å². The van der Waals surface area contributed by atoms with Crippen molar-refractivity contribution >= 4 is 29.0 Å². The van der Waals surface area contributed by atoms with Crippen molar-refractivity contribution < 1.29 is 4.79 Å². The van der Waals surface area contributed by atoms with Crippen molar-refractivity contribution in [1.29, 1.82) is 5.26 Å². The van der Waals surface area contributed by atoms with Crippen LogP contribution in [0.4, 0.5) is 0 Å². The number of nitrogens with zero attached hydrogens (tertiary/aromatic N) is 3. The summed E-state index contributed by atoms with van der Waals surface area (Å²) in [4.78, 5) is 12.8. The van der Waals surface area contributed by atoms with Crippen molar-refractivity contribution in [3.05, 3.63) is 56.5 Å². The lowest BCUT2D eigenvalue weighted by molar-refractivity contribution is -0.116. The topological polar surface area (TPSA) is 73.4 Å². The molecule has 5 nitrogen and oxygen atoms in total. The maximum absolute atomic E-state index is 12.8. The number of hydrogen-bond acceptors (Lipinski definition) is 5. The van der Waals surface area contributed by atoms with Gasteiger partial charge in [-0.2, -0.15) is 5.26 Å². The molecule has 25 heavy (non-hydrogen) atoms. The molecule has 1 aromatic rings. The molecule has 3 rings (SSSR count). The highest BCUT2D eigenvalue weighted by atomic mass is 35.5. The predicted molar refractivity (Wildman–Crippen MR) is 97.4 cm³/mol. The van der Waals surface area contributed by atoms with Crippen LogP contribution >= 0.6 is 23.2 Å². The fourth-order valence-corrected chi connectivity index (χ4v) is 4.22. The molecule has 7 heteroatoms. The quantitative estimate of drug-likeness (QED) is 0.853. The van der Waals surface area contributed by atoms with Gasteiger partial charge in [-0.05, 0) is 25.0 Å². The summed E-state index contributed by atoms with van der Waals surface area (Å²) >= 11 is 12.8. The van der Waals surface area contributed by atoms with Crippen molar-refractivity contribution in [2.45, 2.75) is 25.2 Å². The number of allylic oxidation sites excluding steroid dienone is 3. The highest BCUT2D eigenvalue weighted by molar-refractivity contribution is 6.36. The van der Waals surface area contributed by atoms with E-state index in [0.29, 0.717) is 39.8 Å². The third-order valence-corrected chi connectivity index (χ3v) is 5.23. The molecule has 0 spiro atoms. The standard InChI is InChI=1S/C18H18Cl2N4O/c1-23(2)24-13-7-4-8-14(25)17(13)15(10(9-21)18(24)22)16-11(19)5-3-6-12(16)20/h3,5-6,15H,4,7-8,22H2,1-2H3. The zero-order valence-electron chi connectivity index (χ0n) is 14.0. The molecule has 0 radical (unpaired) electrons. The van der Waals surface area contributed by atoms with E-state index in [4.69, 9.17) is 28.9 Å². The van der Waals surface area contributed by atoms with E-state index < -0.39 is 5.92 Å². The van der Waals surface area contributed by atoms with Crippen LogP contribution < -0.4 is 5.73 Å². The Balaban J connectivity index is 2.34. The summed E-state index contributed by atoms with van der Waals surface area (Å²) in [6, 6.07) is 7.33. The first-order chi connectivity index (χ1) is 11.9. The molecule has 1 heterocycles. The van der Waals surface area contributed by atoms with E-state index in [1.54, 1.807) is 28.2 Å². The largest absolute Gasteiger partial charge is 0.383 e. The van der Waals surface area contributed by atoms with Gasteiger partial charge in [-0.25, -0.2) is 5.01 Å². The third-order valence-electron chi connectivity index (χ3n) is 4.57. The second kappa shape index (κ2) is 6.72. The van der Waals surface area contributed by atoms with Gasteiger partial charge in [0, 0.05) is 47.4 Å². The molecule has 0 bridgehead atoms. The number of rotatable bonds is 2. The van der Waals surface area contributed by atoms with Crippen LogP contribution in [-0.4, -0.2) is 29.9 Å². The van der Waals surface area contributed by atoms with Crippen molar-refractivity contribution in [2.75, 3.05) is 14.1 Å². The number of nitriles is 1. The van der Waals surface area contributed by atoms with E-state index in [1.807, 2.05) is 14.1 Å². The maximum Gasteiger partial charge on any atom is 0.161 e. The van der Waals surface area contributed by atoms with Crippen molar-refractivity contribution in [2.24, 2.45) is 5.73 Å². The monoisotopic (exact) mass is 376 g/mol. The number of nitrogens with two attached hydrogens (primary N) is 1. The SMILES string of the molecule is CN(C)N1C(N)=C(C#N)C(c2c(Cl)cccc2Cl)C2=C1CCCC2=O. The number of benzene rings is 1. The summed E-state index contributed by atoms with van der Waals surface area (Å²) in [6.45, 7) is 0.